The SMILES string of the molecule is COC(=[OH+])C(CNC(=O)c1cn(CCCN)c2cc(CNc3ncc[nH]3)ccc2c1=O)NS(=O)(=O)C1=C(C)CC(C)C=C1C. The fraction of sp³-hybridized carbons (Fsp3) is 0.400. The Balaban J connectivity index is 1.58. The number of anilines is 1. The van der Waals surface area contributed by atoms with E-state index in [2.05, 4.69) is 25.3 Å². The number of aromatic nitrogens is 3. The number of nitrogens with two attached hydrogens (primary N) is 1. The summed E-state index contributed by atoms with van der Waals surface area (Å²) in [6.07, 6.45) is 7.89. The number of carbonyl (C=O) groups excluding carboxylic acids is 2. The lowest BCUT2D eigenvalue weighted by molar-refractivity contribution is 0.0950. The Morgan fingerprint density at radius 3 is 2.75 bits per heavy atom. The van der Waals surface area contributed by atoms with Crippen molar-refractivity contribution < 1.29 is 22.7 Å². The minimum Gasteiger partial charge on any atom is -0.352 e. The van der Waals surface area contributed by atoms with Crippen molar-refractivity contribution in [3.63, 3.8) is 0 Å². The number of ether oxygens (including phenoxy) is 1. The molecule has 0 radical (unpaired) electrons. The van der Waals surface area contributed by atoms with Crippen LogP contribution in [0.1, 0.15) is 49.5 Å². The van der Waals surface area contributed by atoms with Crippen molar-refractivity contribution in [1.29, 1.82) is 0 Å². The van der Waals surface area contributed by atoms with E-state index in [4.69, 9.17) is 10.5 Å². The van der Waals surface area contributed by atoms with Gasteiger partial charge in [-0.15, -0.1) is 0 Å². The predicted molar refractivity (Wildman–Crippen MR) is 170 cm³/mol. The summed E-state index contributed by atoms with van der Waals surface area (Å²) in [5.41, 5.74) is 7.97. The van der Waals surface area contributed by atoms with Crippen LogP contribution in [0.3, 0.4) is 0 Å². The van der Waals surface area contributed by atoms with Crippen molar-refractivity contribution in [3.8, 4) is 0 Å². The highest BCUT2D eigenvalue weighted by Gasteiger charge is 2.35. The number of carbonyl (C=O) groups is 1. The van der Waals surface area contributed by atoms with Gasteiger partial charge in [-0.1, -0.05) is 24.6 Å². The van der Waals surface area contributed by atoms with Crippen LogP contribution >= 0.6 is 0 Å². The minimum absolute atomic E-state index is 0.131. The average Bonchev–Trinajstić information content (AvgIpc) is 3.50. The Hall–Kier alpha value is -4.27. The van der Waals surface area contributed by atoms with Crippen molar-refractivity contribution >= 4 is 38.8 Å². The molecular formula is C30H40N7O6S+. The molecule has 0 bridgehead atoms. The topological polar surface area (TPSA) is 195 Å². The lowest BCUT2D eigenvalue weighted by Crippen LogP contribution is -2.50. The molecule has 0 saturated heterocycles. The molecule has 0 saturated carbocycles. The van der Waals surface area contributed by atoms with Crippen molar-refractivity contribution in [2.75, 3.05) is 25.5 Å². The number of nitrogens with one attached hydrogen (secondary N) is 4. The molecule has 1 aliphatic carbocycles. The first-order valence-electron chi connectivity index (χ1n) is 14.3. The number of amides is 1. The molecular weight excluding hydrogens is 586 g/mol. The van der Waals surface area contributed by atoms with Crippen LogP contribution in [0.25, 0.3) is 10.9 Å². The number of pyridine rings is 1. The van der Waals surface area contributed by atoms with E-state index in [1.165, 1.54) is 13.3 Å². The molecule has 7 N–H and O–H groups in total. The molecule has 2 heterocycles. The van der Waals surface area contributed by atoms with Crippen LogP contribution in [-0.4, -0.2) is 65.9 Å². The molecule has 1 aromatic carbocycles. The second kappa shape index (κ2) is 14.0. The maximum absolute atomic E-state index is 13.5. The van der Waals surface area contributed by atoms with Gasteiger partial charge in [0.05, 0.1) is 17.0 Å². The highest BCUT2D eigenvalue weighted by atomic mass is 32.2. The van der Waals surface area contributed by atoms with Gasteiger partial charge in [-0.05, 0) is 62.4 Å². The van der Waals surface area contributed by atoms with Crippen molar-refractivity contribution in [3.05, 3.63) is 80.3 Å². The Morgan fingerprint density at radius 1 is 1.32 bits per heavy atom. The quantitative estimate of drug-likeness (QED) is 0.141. The summed E-state index contributed by atoms with van der Waals surface area (Å²) >= 11 is 0. The van der Waals surface area contributed by atoms with E-state index in [1.54, 1.807) is 38.4 Å². The van der Waals surface area contributed by atoms with Crippen molar-refractivity contribution in [1.82, 2.24) is 24.6 Å². The zero-order valence-electron chi connectivity index (χ0n) is 25.3. The summed E-state index contributed by atoms with van der Waals surface area (Å²) in [5, 5.41) is 6.11. The van der Waals surface area contributed by atoms with Crippen LogP contribution in [0, 0.1) is 5.92 Å². The molecule has 0 aliphatic heterocycles. The largest absolute Gasteiger partial charge is 0.503 e. The number of methoxy groups -OCH3 is 1. The summed E-state index contributed by atoms with van der Waals surface area (Å²) < 4.78 is 35.9. The minimum atomic E-state index is -4.09. The maximum atomic E-state index is 13.5. The fourth-order valence-corrected chi connectivity index (χ4v) is 7.19. The van der Waals surface area contributed by atoms with Crippen LogP contribution in [0.4, 0.5) is 5.95 Å². The second-order valence-electron chi connectivity index (χ2n) is 10.9. The number of aryl methyl sites for hydroxylation is 1. The number of rotatable bonds is 13. The monoisotopic (exact) mass is 626 g/mol. The third-order valence-corrected chi connectivity index (χ3v) is 9.20. The van der Waals surface area contributed by atoms with Crippen LogP contribution in [0.5, 0.6) is 0 Å². The number of fused-ring (bicyclic) bond motifs is 1. The molecule has 236 valence electrons. The van der Waals surface area contributed by atoms with Crippen LogP contribution in [0.2, 0.25) is 0 Å². The summed E-state index contributed by atoms with van der Waals surface area (Å²) in [5.74, 6) is -0.550. The first kappa shape index (κ1) is 32.6. The van der Waals surface area contributed by atoms with Gasteiger partial charge >= 0.3 is 5.97 Å². The van der Waals surface area contributed by atoms with E-state index in [9.17, 15) is 22.8 Å². The Labute approximate surface area is 256 Å². The van der Waals surface area contributed by atoms with Gasteiger partial charge in [0, 0.05) is 37.1 Å². The van der Waals surface area contributed by atoms with Gasteiger partial charge in [0.2, 0.25) is 15.5 Å². The fourth-order valence-electron chi connectivity index (χ4n) is 5.47. The Morgan fingerprint density at radius 2 is 2.09 bits per heavy atom. The van der Waals surface area contributed by atoms with Crippen LogP contribution in [-0.2, 0) is 27.8 Å². The van der Waals surface area contributed by atoms with Gasteiger partial charge in [-0.3, -0.25) is 9.59 Å². The molecule has 14 heteroatoms. The number of aromatic amines is 1. The van der Waals surface area contributed by atoms with E-state index in [0.29, 0.717) is 60.5 Å². The zero-order chi connectivity index (χ0) is 32.0. The zero-order valence-corrected chi connectivity index (χ0v) is 26.1. The third-order valence-electron chi connectivity index (χ3n) is 7.40. The molecule has 3 aromatic rings. The van der Waals surface area contributed by atoms with Crippen molar-refractivity contribution in [2.45, 2.75) is 52.7 Å². The van der Waals surface area contributed by atoms with E-state index in [0.717, 1.165) is 5.56 Å². The number of hydrogen-bond donors (Lipinski definition) is 5. The van der Waals surface area contributed by atoms with Crippen LogP contribution in [0.15, 0.2) is 63.7 Å². The lowest BCUT2D eigenvalue weighted by Gasteiger charge is -2.23. The Kier molecular flexibility index (Phi) is 10.4. The van der Waals surface area contributed by atoms with Gasteiger partial charge in [-0.25, -0.2) is 13.4 Å². The number of H-pyrrole nitrogens is 1. The van der Waals surface area contributed by atoms with Crippen molar-refractivity contribution in [2.24, 2.45) is 11.7 Å². The molecule has 44 heavy (non-hydrogen) atoms. The van der Waals surface area contributed by atoms with Gasteiger partial charge in [-0.2, -0.15) is 4.72 Å². The van der Waals surface area contributed by atoms with Gasteiger partial charge in [0.25, 0.3) is 5.91 Å². The third kappa shape index (κ3) is 7.44. The smallest absolute Gasteiger partial charge is 0.352 e. The maximum Gasteiger partial charge on any atom is 0.503 e. The number of hydrogen-bond acceptors (Lipinski definition) is 8. The van der Waals surface area contributed by atoms with Gasteiger partial charge in [0.15, 0.2) is 19.1 Å². The average molecular weight is 627 g/mol. The van der Waals surface area contributed by atoms with E-state index in [1.807, 2.05) is 23.6 Å². The highest BCUT2D eigenvalue weighted by Crippen LogP contribution is 2.31. The van der Waals surface area contributed by atoms with E-state index in [-0.39, 0.29) is 22.9 Å². The summed E-state index contributed by atoms with van der Waals surface area (Å²) in [4.78, 5) is 44.5. The Bertz CT molecular complexity index is 1760. The molecule has 0 spiro atoms. The molecule has 2 aromatic heterocycles. The second-order valence-corrected chi connectivity index (χ2v) is 12.6. The van der Waals surface area contributed by atoms with E-state index >= 15 is 0 Å². The molecule has 2 atom stereocenters. The number of esters is 1. The number of sulfonamides is 1. The van der Waals surface area contributed by atoms with E-state index < -0.39 is 33.4 Å². The molecule has 2 unspecified atom stereocenters. The summed E-state index contributed by atoms with van der Waals surface area (Å²) in [6, 6.07) is 4.03. The molecule has 4 rings (SSSR count). The molecule has 0 fully saturated rings. The number of allylic oxidation sites excluding steroid dienone is 3. The number of nitrogens with zero attached hydrogens (tertiary/aromatic N) is 2. The highest BCUT2D eigenvalue weighted by molar-refractivity contribution is 7.93. The molecule has 1 amide bonds. The summed E-state index contributed by atoms with van der Waals surface area (Å²) in [7, 11) is -2.90. The molecule has 1 aliphatic rings. The summed E-state index contributed by atoms with van der Waals surface area (Å²) in [6.45, 7) is 6.43. The van der Waals surface area contributed by atoms with Crippen LogP contribution < -0.4 is 26.5 Å². The standard InChI is InChI=1S/C30H39N7O6S/c1-18-12-19(2)27(20(3)13-18)44(41,42)36-24(29(40)43-4)16-34-28(39)23-17-37(11-5-8-31)25-14-21(6-7-22(25)26(23)38)15-35-30-32-9-10-33-30/h6-7,9-10,12,14,17-18,24,36H,5,8,11,13,15-16,31H2,1-4H3,(H,34,39)(H2,32,33,35)/p+1. The van der Waals surface area contributed by atoms with Gasteiger partial charge < -0.3 is 35.4 Å². The number of benzene rings is 1. The first-order chi connectivity index (χ1) is 20.9. The normalized spacial score (nSPS) is 16.0. The van der Waals surface area contributed by atoms with Gasteiger partial charge in [0.1, 0.15) is 5.56 Å². The predicted octanol–water partition coefficient (Wildman–Crippen LogP) is 2.11. The molecule has 13 nitrogen and oxygen atoms in total. The number of imidazole rings is 1. The first-order valence-corrected chi connectivity index (χ1v) is 15.8. The lowest BCUT2D eigenvalue weighted by atomic mass is 9.93.